The van der Waals surface area contributed by atoms with E-state index in [1.54, 1.807) is 13.0 Å². The maximum Gasteiger partial charge on any atom is 0.339 e. The molecule has 5 heteroatoms. The van der Waals surface area contributed by atoms with Gasteiger partial charge in [0.25, 0.3) is 6.43 Å². The fourth-order valence-corrected chi connectivity index (χ4v) is 1.08. The summed E-state index contributed by atoms with van der Waals surface area (Å²) in [6.07, 6.45) is -2.62. The lowest BCUT2D eigenvalue weighted by molar-refractivity contribution is 0.0664. The third kappa shape index (κ3) is 3.19. The summed E-state index contributed by atoms with van der Waals surface area (Å²) in [6.45, 7) is 0.921. The minimum Gasteiger partial charge on any atom is -0.487 e. The van der Waals surface area contributed by atoms with Crippen LogP contribution >= 0.6 is 0 Å². The molecule has 0 saturated carbocycles. The highest BCUT2D eigenvalue weighted by Gasteiger charge is 2.13. The maximum atomic E-state index is 11.9. The maximum absolute atomic E-state index is 11.9. The zero-order valence-corrected chi connectivity index (χ0v) is 8.04. The highest BCUT2D eigenvalue weighted by Crippen LogP contribution is 2.20. The van der Waals surface area contributed by atoms with Crippen molar-refractivity contribution in [3.63, 3.8) is 0 Å². The van der Waals surface area contributed by atoms with E-state index in [1.807, 2.05) is 0 Å². The molecule has 0 atom stereocenters. The SMILES string of the molecule is Cc1ccc(C(=O)O)c(OCC(F)F)c1. The molecule has 0 spiro atoms. The minimum atomic E-state index is -2.62. The van der Waals surface area contributed by atoms with Crippen LogP contribution < -0.4 is 4.74 Å². The van der Waals surface area contributed by atoms with Crippen LogP contribution in [0, 0.1) is 6.92 Å². The van der Waals surface area contributed by atoms with Crippen molar-refractivity contribution in [1.29, 1.82) is 0 Å². The van der Waals surface area contributed by atoms with Crippen molar-refractivity contribution in [2.45, 2.75) is 13.3 Å². The number of rotatable bonds is 4. The molecule has 15 heavy (non-hydrogen) atoms. The van der Waals surface area contributed by atoms with Crippen LogP contribution in [-0.4, -0.2) is 24.1 Å². The second kappa shape index (κ2) is 4.72. The molecule has 1 N–H and O–H groups in total. The molecule has 0 heterocycles. The number of carboxylic acids is 1. The molecule has 0 aliphatic carbocycles. The van der Waals surface area contributed by atoms with Gasteiger partial charge in [-0.1, -0.05) is 6.07 Å². The van der Waals surface area contributed by atoms with E-state index in [9.17, 15) is 13.6 Å². The number of carboxylic acid groups (broad SMARTS) is 1. The normalized spacial score (nSPS) is 10.4. The number of halogens is 2. The first kappa shape index (κ1) is 11.4. The van der Waals surface area contributed by atoms with Gasteiger partial charge in [0, 0.05) is 0 Å². The summed E-state index contributed by atoms with van der Waals surface area (Å²) in [6, 6.07) is 4.34. The van der Waals surface area contributed by atoms with Crippen molar-refractivity contribution in [2.24, 2.45) is 0 Å². The summed E-state index contributed by atoms with van der Waals surface area (Å²) < 4.78 is 28.5. The molecular formula is C10H10F2O3. The molecule has 1 aromatic carbocycles. The fraction of sp³-hybridized carbons (Fsp3) is 0.300. The number of aromatic carboxylic acids is 1. The van der Waals surface area contributed by atoms with Gasteiger partial charge < -0.3 is 9.84 Å². The predicted molar refractivity (Wildman–Crippen MR) is 49.6 cm³/mol. The Morgan fingerprint density at radius 2 is 2.20 bits per heavy atom. The van der Waals surface area contributed by atoms with Gasteiger partial charge in [0.2, 0.25) is 0 Å². The first-order chi connectivity index (χ1) is 7.00. The molecule has 0 bridgehead atoms. The Balaban J connectivity index is 2.92. The van der Waals surface area contributed by atoms with Crippen molar-refractivity contribution in [3.05, 3.63) is 29.3 Å². The van der Waals surface area contributed by atoms with E-state index in [0.717, 1.165) is 5.56 Å². The second-order valence-electron chi connectivity index (χ2n) is 3.01. The second-order valence-corrected chi connectivity index (χ2v) is 3.01. The largest absolute Gasteiger partial charge is 0.487 e. The van der Waals surface area contributed by atoms with E-state index in [2.05, 4.69) is 0 Å². The van der Waals surface area contributed by atoms with Gasteiger partial charge >= 0.3 is 5.97 Å². The molecule has 3 nitrogen and oxygen atoms in total. The topological polar surface area (TPSA) is 46.5 Å². The number of ether oxygens (including phenoxy) is 1. The molecule has 0 radical (unpaired) electrons. The standard InChI is InChI=1S/C10H10F2O3/c1-6-2-3-7(10(13)14)8(4-6)15-5-9(11)12/h2-4,9H,5H2,1H3,(H,13,14). The Kier molecular flexibility index (Phi) is 3.60. The molecule has 1 rings (SSSR count). The predicted octanol–water partition coefficient (Wildman–Crippen LogP) is 2.34. The Morgan fingerprint density at radius 1 is 1.53 bits per heavy atom. The Bertz CT molecular complexity index is 364. The van der Waals surface area contributed by atoms with E-state index in [0.29, 0.717) is 0 Å². The van der Waals surface area contributed by atoms with Crippen molar-refractivity contribution >= 4 is 5.97 Å². The van der Waals surface area contributed by atoms with Gasteiger partial charge in [-0.3, -0.25) is 0 Å². The number of benzene rings is 1. The van der Waals surface area contributed by atoms with E-state index < -0.39 is 19.0 Å². The third-order valence-electron chi connectivity index (χ3n) is 1.73. The van der Waals surface area contributed by atoms with Gasteiger partial charge in [-0.15, -0.1) is 0 Å². The lowest BCUT2D eigenvalue weighted by Gasteiger charge is -2.09. The summed E-state index contributed by atoms with van der Waals surface area (Å²) in [5.74, 6) is -1.22. The molecule has 0 amide bonds. The van der Waals surface area contributed by atoms with Crippen LogP contribution in [0.3, 0.4) is 0 Å². The highest BCUT2D eigenvalue weighted by atomic mass is 19.3. The summed E-state index contributed by atoms with van der Waals surface area (Å²) in [5, 5.41) is 8.75. The molecular weight excluding hydrogens is 206 g/mol. The quantitative estimate of drug-likeness (QED) is 0.840. The first-order valence-electron chi connectivity index (χ1n) is 4.25. The summed E-state index contributed by atoms with van der Waals surface area (Å²) in [7, 11) is 0. The average molecular weight is 216 g/mol. The monoisotopic (exact) mass is 216 g/mol. The average Bonchev–Trinajstić information content (AvgIpc) is 2.14. The minimum absolute atomic E-state index is 0.0252. The summed E-state index contributed by atoms with van der Waals surface area (Å²) in [4.78, 5) is 10.7. The van der Waals surface area contributed by atoms with Gasteiger partial charge in [-0.25, -0.2) is 13.6 Å². The van der Waals surface area contributed by atoms with E-state index in [-0.39, 0.29) is 11.3 Å². The van der Waals surface area contributed by atoms with Crippen molar-refractivity contribution in [2.75, 3.05) is 6.61 Å². The van der Waals surface area contributed by atoms with Crippen LogP contribution in [0.4, 0.5) is 8.78 Å². The van der Waals surface area contributed by atoms with Crippen LogP contribution in [-0.2, 0) is 0 Å². The third-order valence-corrected chi connectivity index (χ3v) is 1.73. The zero-order valence-electron chi connectivity index (χ0n) is 8.04. The first-order valence-corrected chi connectivity index (χ1v) is 4.25. The van der Waals surface area contributed by atoms with Crippen LogP contribution in [0.25, 0.3) is 0 Å². The fourth-order valence-electron chi connectivity index (χ4n) is 1.08. The molecule has 82 valence electrons. The Morgan fingerprint density at radius 3 is 2.73 bits per heavy atom. The van der Waals surface area contributed by atoms with Crippen LogP contribution in [0.15, 0.2) is 18.2 Å². The number of alkyl halides is 2. The van der Waals surface area contributed by atoms with Crippen LogP contribution in [0.2, 0.25) is 0 Å². The zero-order chi connectivity index (χ0) is 11.4. The number of hydrogen-bond acceptors (Lipinski definition) is 2. The highest BCUT2D eigenvalue weighted by molar-refractivity contribution is 5.90. The van der Waals surface area contributed by atoms with Crippen molar-refractivity contribution < 1.29 is 23.4 Å². The summed E-state index contributed by atoms with van der Waals surface area (Å²) in [5.41, 5.74) is 0.644. The van der Waals surface area contributed by atoms with E-state index >= 15 is 0 Å². The molecule has 0 aliphatic rings. The van der Waals surface area contributed by atoms with E-state index in [4.69, 9.17) is 9.84 Å². The van der Waals surface area contributed by atoms with Crippen LogP contribution in [0.1, 0.15) is 15.9 Å². The number of carbonyl (C=O) groups is 1. The van der Waals surface area contributed by atoms with Crippen molar-refractivity contribution in [1.82, 2.24) is 0 Å². The lowest BCUT2D eigenvalue weighted by atomic mass is 10.1. The van der Waals surface area contributed by atoms with Gasteiger partial charge in [-0.2, -0.15) is 0 Å². The molecule has 0 fully saturated rings. The van der Waals surface area contributed by atoms with Gasteiger partial charge in [0.05, 0.1) is 0 Å². The summed E-state index contributed by atoms with van der Waals surface area (Å²) >= 11 is 0. The molecule has 1 aromatic rings. The van der Waals surface area contributed by atoms with Gasteiger partial charge in [0.1, 0.15) is 17.9 Å². The molecule has 0 aliphatic heterocycles. The number of hydrogen-bond donors (Lipinski definition) is 1. The van der Waals surface area contributed by atoms with Crippen molar-refractivity contribution in [3.8, 4) is 5.75 Å². The van der Waals surface area contributed by atoms with Gasteiger partial charge in [0.15, 0.2) is 0 Å². The Hall–Kier alpha value is -1.65. The van der Waals surface area contributed by atoms with E-state index in [1.165, 1.54) is 12.1 Å². The molecule has 0 unspecified atom stereocenters. The van der Waals surface area contributed by atoms with Crippen LogP contribution in [0.5, 0.6) is 5.75 Å². The molecule has 0 saturated heterocycles. The smallest absolute Gasteiger partial charge is 0.339 e. The van der Waals surface area contributed by atoms with Gasteiger partial charge in [-0.05, 0) is 24.6 Å². The lowest BCUT2D eigenvalue weighted by Crippen LogP contribution is -2.10. The molecule has 0 aromatic heterocycles. The number of aryl methyl sites for hydroxylation is 1. The Labute approximate surface area is 85.3 Å².